The minimum atomic E-state index is -1.01. The second kappa shape index (κ2) is 4.90. The number of carboxylic acids is 1. The van der Waals surface area contributed by atoms with E-state index in [4.69, 9.17) is 5.11 Å². The molecule has 0 saturated carbocycles. The van der Waals surface area contributed by atoms with Crippen molar-refractivity contribution >= 4 is 11.6 Å². The predicted molar refractivity (Wildman–Crippen MR) is 73.6 cm³/mol. The molecule has 0 aliphatic carbocycles. The summed E-state index contributed by atoms with van der Waals surface area (Å²) < 4.78 is 14.6. The first-order valence-corrected chi connectivity index (χ1v) is 6.23. The lowest BCUT2D eigenvalue weighted by molar-refractivity contribution is -0.136. The monoisotopic (exact) mass is 286 g/mol. The van der Waals surface area contributed by atoms with E-state index < -0.39 is 5.97 Å². The summed E-state index contributed by atoms with van der Waals surface area (Å²) in [5.74, 6) is -1.44. The van der Waals surface area contributed by atoms with E-state index in [2.05, 4.69) is 4.98 Å². The Labute approximate surface area is 118 Å². The molecule has 2 aromatic heterocycles. The smallest absolute Gasteiger partial charge is 0.309 e. The Kier molecular flexibility index (Phi) is 3.06. The summed E-state index contributed by atoms with van der Waals surface area (Å²) in [6, 6.07) is 8.69. The third-order valence-electron chi connectivity index (χ3n) is 3.16. The van der Waals surface area contributed by atoms with Gasteiger partial charge >= 0.3 is 5.97 Å². The van der Waals surface area contributed by atoms with Crippen molar-refractivity contribution in [1.29, 1.82) is 0 Å². The number of hydrogen-bond donors (Lipinski definition) is 2. The Hall–Kier alpha value is -2.89. The highest BCUT2D eigenvalue weighted by molar-refractivity contribution is 5.77. The van der Waals surface area contributed by atoms with Gasteiger partial charge in [0.05, 0.1) is 17.8 Å². The Morgan fingerprint density at radius 1 is 1.24 bits per heavy atom. The van der Waals surface area contributed by atoms with Gasteiger partial charge in [-0.1, -0.05) is 0 Å². The molecule has 6 heteroatoms. The van der Waals surface area contributed by atoms with Crippen molar-refractivity contribution in [3.63, 3.8) is 0 Å². The molecule has 5 nitrogen and oxygen atoms in total. The molecule has 0 aliphatic rings. The fourth-order valence-corrected chi connectivity index (χ4v) is 2.25. The summed E-state index contributed by atoms with van der Waals surface area (Å²) in [5.41, 5.74) is 1.71. The number of carboxylic acid groups (broad SMARTS) is 1. The van der Waals surface area contributed by atoms with Crippen LogP contribution in [0.1, 0.15) is 5.69 Å². The van der Waals surface area contributed by atoms with Crippen molar-refractivity contribution in [2.45, 2.75) is 6.42 Å². The van der Waals surface area contributed by atoms with Crippen LogP contribution >= 0.6 is 0 Å². The molecule has 106 valence electrons. The van der Waals surface area contributed by atoms with Gasteiger partial charge in [0, 0.05) is 11.8 Å². The summed E-state index contributed by atoms with van der Waals surface area (Å²) in [4.78, 5) is 15.4. The molecule has 2 N–H and O–H groups in total. The van der Waals surface area contributed by atoms with Gasteiger partial charge in [-0.2, -0.15) is 0 Å². The van der Waals surface area contributed by atoms with Gasteiger partial charge < -0.3 is 10.2 Å². The second-order valence-electron chi connectivity index (χ2n) is 4.57. The number of aromatic nitrogens is 2. The number of aromatic hydroxyl groups is 1. The molecule has 3 rings (SSSR count). The van der Waals surface area contributed by atoms with Crippen LogP contribution in [0.2, 0.25) is 0 Å². The number of nitrogens with zero attached hydrogens (tertiary/aromatic N) is 2. The molecule has 0 aliphatic heterocycles. The Bertz CT molecular complexity index is 825. The van der Waals surface area contributed by atoms with E-state index in [1.165, 1.54) is 34.7 Å². The molecule has 0 unspecified atom stereocenters. The van der Waals surface area contributed by atoms with Crippen molar-refractivity contribution < 1.29 is 19.4 Å². The number of benzene rings is 1. The van der Waals surface area contributed by atoms with Crippen LogP contribution < -0.4 is 0 Å². The molecule has 0 amide bonds. The van der Waals surface area contributed by atoms with E-state index in [0.29, 0.717) is 17.0 Å². The summed E-state index contributed by atoms with van der Waals surface area (Å²) in [7, 11) is 0. The van der Waals surface area contributed by atoms with Crippen molar-refractivity contribution in [1.82, 2.24) is 9.38 Å². The SMILES string of the molecule is O=C(O)Cc1c(-c2ccc(F)cc2)nc2c(O)cccn12. The fraction of sp³-hybridized carbons (Fsp3) is 0.0667. The standard InChI is InChI=1S/C15H11FN2O3/c16-10-5-3-9(4-6-10)14-11(8-13(20)21)18-7-1-2-12(19)15(18)17-14/h1-7,19H,8H2,(H,20,21). The first-order valence-electron chi connectivity index (χ1n) is 6.23. The number of imidazole rings is 1. The predicted octanol–water partition coefficient (Wildman–Crippen LogP) is 2.47. The molecule has 0 radical (unpaired) electrons. The largest absolute Gasteiger partial charge is 0.504 e. The fourth-order valence-electron chi connectivity index (χ4n) is 2.25. The Balaban J connectivity index is 2.27. The molecular formula is C15H11FN2O3. The zero-order chi connectivity index (χ0) is 15.0. The van der Waals surface area contributed by atoms with Crippen LogP contribution in [0.25, 0.3) is 16.9 Å². The zero-order valence-corrected chi connectivity index (χ0v) is 10.8. The van der Waals surface area contributed by atoms with Gasteiger partial charge in [-0.15, -0.1) is 0 Å². The topological polar surface area (TPSA) is 74.8 Å². The van der Waals surface area contributed by atoms with Gasteiger partial charge in [-0.3, -0.25) is 9.20 Å². The summed E-state index contributed by atoms with van der Waals surface area (Å²) in [6.07, 6.45) is 1.38. The molecule has 1 aromatic carbocycles. The van der Waals surface area contributed by atoms with Gasteiger partial charge in [-0.25, -0.2) is 9.37 Å². The van der Waals surface area contributed by atoms with E-state index in [0.717, 1.165) is 0 Å². The first kappa shape index (κ1) is 13.1. The van der Waals surface area contributed by atoms with Gasteiger partial charge in [-0.05, 0) is 36.4 Å². The molecule has 2 heterocycles. The normalized spacial score (nSPS) is 10.9. The van der Waals surface area contributed by atoms with Gasteiger partial charge in [0.2, 0.25) is 0 Å². The van der Waals surface area contributed by atoms with Gasteiger partial charge in [0.15, 0.2) is 11.4 Å². The maximum atomic E-state index is 13.0. The van der Waals surface area contributed by atoms with Crippen molar-refractivity contribution in [2.24, 2.45) is 0 Å². The third-order valence-corrected chi connectivity index (χ3v) is 3.16. The number of rotatable bonds is 3. The third kappa shape index (κ3) is 2.31. The molecule has 21 heavy (non-hydrogen) atoms. The van der Waals surface area contributed by atoms with Crippen LogP contribution in [-0.4, -0.2) is 25.6 Å². The number of pyridine rings is 1. The molecule has 0 atom stereocenters. The highest BCUT2D eigenvalue weighted by Crippen LogP contribution is 2.28. The number of hydrogen-bond acceptors (Lipinski definition) is 3. The van der Waals surface area contributed by atoms with Crippen LogP contribution in [0, 0.1) is 5.82 Å². The lowest BCUT2D eigenvalue weighted by atomic mass is 10.1. The van der Waals surface area contributed by atoms with E-state index in [1.807, 2.05) is 0 Å². The average Bonchev–Trinajstić information content (AvgIpc) is 2.80. The summed E-state index contributed by atoms with van der Waals surface area (Å²) in [5, 5.41) is 18.9. The molecule has 0 bridgehead atoms. The first-order chi connectivity index (χ1) is 10.1. The van der Waals surface area contributed by atoms with Gasteiger partial charge in [0.1, 0.15) is 5.82 Å². The maximum Gasteiger partial charge on any atom is 0.309 e. The van der Waals surface area contributed by atoms with Crippen LogP contribution in [0.4, 0.5) is 4.39 Å². The minimum Gasteiger partial charge on any atom is -0.504 e. The van der Waals surface area contributed by atoms with Gasteiger partial charge in [0.25, 0.3) is 0 Å². The minimum absolute atomic E-state index is 0.0440. The highest BCUT2D eigenvalue weighted by atomic mass is 19.1. The van der Waals surface area contributed by atoms with Crippen LogP contribution in [-0.2, 0) is 11.2 Å². The zero-order valence-electron chi connectivity index (χ0n) is 10.8. The van der Waals surface area contributed by atoms with Crippen LogP contribution in [0.3, 0.4) is 0 Å². The molecule has 0 saturated heterocycles. The van der Waals surface area contributed by atoms with Crippen molar-refractivity contribution in [3.8, 4) is 17.0 Å². The van der Waals surface area contributed by atoms with Crippen molar-refractivity contribution in [3.05, 3.63) is 54.1 Å². The maximum absolute atomic E-state index is 13.0. The highest BCUT2D eigenvalue weighted by Gasteiger charge is 2.18. The second-order valence-corrected chi connectivity index (χ2v) is 4.57. The van der Waals surface area contributed by atoms with E-state index in [9.17, 15) is 14.3 Å². The molecular weight excluding hydrogens is 275 g/mol. The number of fused-ring (bicyclic) bond motifs is 1. The lowest BCUT2D eigenvalue weighted by Crippen LogP contribution is -2.04. The Morgan fingerprint density at radius 3 is 2.62 bits per heavy atom. The van der Waals surface area contributed by atoms with E-state index in [1.54, 1.807) is 12.3 Å². The average molecular weight is 286 g/mol. The molecule has 0 spiro atoms. The molecule has 0 fully saturated rings. The van der Waals surface area contributed by atoms with E-state index >= 15 is 0 Å². The van der Waals surface area contributed by atoms with E-state index in [-0.39, 0.29) is 23.6 Å². The Morgan fingerprint density at radius 2 is 1.95 bits per heavy atom. The summed E-state index contributed by atoms with van der Waals surface area (Å²) in [6.45, 7) is 0. The number of aliphatic carboxylic acids is 1. The number of carbonyl (C=O) groups is 1. The lowest BCUT2D eigenvalue weighted by Gasteiger charge is -2.03. The van der Waals surface area contributed by atoms with Crippen LogP contribution in [0.15, 0.2) is 42.6 Å². The number of halogens is 1. The van der Waals surface area contributed by atoms with Crippen LogP contribution in [0.5, 0.6) is 5.75 Å². The molecule has 3 aromatic rings. The van der Waals surface area contributed by atoms with Crippen molar-refractivity contribution in [2.75, 3.05) is 0 Å². The summed E-state index contributed by atoms with van der Waals surface area (Å²) >= 11 is 0. The quantitative estimate of drug-likeness (QED) is 0.775.